The Morgan fingerprint density at radius 3 is 3.00 bits per heavy atom. The topological polar surface area (TPSA) is 52.1 Å². The fourth-order valence-corrected chi connectivity index (χ4v) is 2.78. The van der Waals surface area contributed by atoms with Crippen LogP contribution in [0.2, 0.25) is 0 Å². The Morgan fingerprint density at radius 1 is 1.45 bits per heavy atom. The molecule has 1 aliphatic heterocycles. The fourth-order valence-electron chi connectivity index (χ4n) is 2.78. The Balaban J connectivity index is 1.75. The summed E-state index contributed by atoms with van der Waals surface area (Å²) < 4.78 is 0. The number of nitrogens with zero attached hydrogens (tertiary/aromatic N) is 2. The number of hydrogen-bond donors (Lipinski definition) is 2. The van der Waals surface area contributed by atoms with E-state index in [2.05, 4.69) is 33.1 Å². The van der Waals surface area contributed by atoms with Crippen molar-refractivity contribution in [3.8, 4) is 0 Å². The lowest BCUT2D eigenvalue weighted by atomic mass is 9.99. The normalized spacial score (nSPS) is 17.4. The van der Waals surface area contributed by atoms with Crippen LogP contribution in [0.25, 0.3) is 16.6 Å². The van der Waals surface area contributed by atoms with Crippen LogP contribution in [0.15, 0.2) is 30.6 Å². The largest absolute Gasteiger partial charge is 0.389 e. The third kappa shape index (κ3) is 2.92. The van der Waals surface area contributed by atoms with Crippen molar-refractivity contribution in [1.82, 2.24) is 14.9 Å². The lowest BCUT2D eigenvalue weighted by Gasteiger charge is -2.31. The van der Waals surface area contributed by atoms with Crippen LogP contribution in [0.3, 0.4) is 0 Å². The predicted molar refractivity (Wildman–Crippen MR) is 81.4 cm³/mol. The third-order valence-electron chi connectivity index (χ3n) is 3.67. The van der Waals surface area contributed by atoms with E-state index in [1.165, 1.54) is 11.1 Å². The molecule has 0 spiro atoms. The van der Waals surface area contributed by atoms with Crippen LogP contribution < -0.4 is 0 Å². The Bertz CT molecular complexity index is 636. The second-order valence-electron chi connectivity index (χ2n) is 6.17. The van der Waals surface area contributed by atoms with E-state index in [-0.39, 0.29) is 0 Å². The summed E-state index contributed by atoms with van der Waals surface area (Å²) in [6.45, 7) is 6.31. The smallest absolute Gasteiger partial charge is 0.137 e. The quantitative estimate of drug-likeness (QED) is 0.901. The summed E-state index contributed by atoms with van der Waals surface area (Å²) in [5.41, 5.74) is 2.87. The van der Waals surface area contributed by atoms with Gasteiger partial charge in [0.05, 0.1) is 5.60 Å². The molecule has 0 aliphatic carbocycles. The first-order valence-corrected chi connectivity index (χ1v) is 7.08. The zero-order valence-corrected chi connectivity index (χ0v) is 12.1. The van der Waals surface area contributed by atoms with Gasteiger partial charge in [-0.05, 0) is 43.5 Å². The number of β-amino-alcohol motifs (C(OH)–C–C–N with tert-alkyl or cyclic N) is 1. The average molecular weight is 271 g/mol. The van der Waals surface area contributed by atoms with Gasteiger partial charge in [0.25, 0.3) is 0 Å². The monoisotopic (exact) mass is 271 g/mol. The van der Waals surface area contributed by atoms with Gasteiger partial charge in [0.2, 0.25) is 0 Å². The maximum Gasteiger partial charge on any atom is 0.137 e. The van der Waals surface area contributed by atoms with Crippen LogP contribution in [0.1, 0.15) is 25.8 Å². The maximum absolute atomic E-state index is 9.87. The van der Waals surface area contributed by atoms with Gasteiger partial charge < -0.3 is 10.1 Å². The Hall–Kier alpha value is -1.65. The van der Waals surface area contributed by atoms with Crippen LogP contribution in [-0.4, -0.2) is 45.2 Å². The molecule has 4 heteroatoms. The minimum absolute atomic E-state index is 0.628. The number of H-pyrrole nitrogens is 1. The molecule has 0 atom stereocenters. The zero-order chi connectivity index (χ0) is 14.2. The molecular formula is C16H21N3O. The summed E-state index contributed by atoms with van der Waals surface area (Å²) in [5, 5.41) is 11.0. The van der Waals surface area contributed by atoms with E-state index in [0.29, 0.717) is 6.54 Å². The van der Waals surface area contributed by atoms with Crippen molar-refractivity contribution < 1.29 is 5.11 Å². The molecule has 3 rings (SSSR count). The van der Waals surface area contributed by atoms with Gasteiger partial charge in [0.1, 0.15) is 5.65 Å². The standard InChI is InChI=1S/C16H21N3O/c1-16(2,20)11-19-7-4-12(5-8-19)14-9-13-3-6-17-15(13)18-10-14/h3-4,6,9-10,20H,5,7-8,11H2,1-2H3,(H,17,18). The number of fused-ring (bicyclic) bond motifs is 1. The highest BCUT2D eigenvalue weighted by Crippen LogP contribution is 2.24. The van der Waals surface area contributed by atoms with Crippen LogP contribution in [0.5, 0.6) is 0 Å². The van der Waals surface area contributed by atoms with E-state index >= 15 is 0 Å². The third-order valence-corrected chi connectivity index (χ3v) is 3.67. The lowest BCUT2D eigenvalue weighted by molar-refractivity contribution is 0.0397. The van der Waals surface area contributed by atoms with E-state index in [1.807, 2.05) is 26.2 Å². The Morgan fingerprint density at radius 2 is 2.30 bits per heavy atom. The van der Waals surface area contributed by atoms with Crippen LogP contribution in [-0.2, 0) is 0 Å². The molecule has 0 unspecified atom stereocenters. The molecule has 106 valence electrons. The number of aromatic nitrogens is 2. The lowest BCUT2D eigenvalue weighted by Crippen LogP contribution is -2.40. The summed E-state index contributed by atoms with van der Waals surface area (Å²) in [5.74, 6) is 0. The molecule has 2 N–H and O–H groups in total. The molecule has 0 fully saturated rings. The minimum atomic E-state index is -0.628. The fraction of sp³-hybridized carbons (Fsp3) is 0.438. The molecule has 4 nitrogen and oxygen atoms in total. The molecule has 3 heterocycles. The van der Waals surface area contributed by atoms with Crippen LogP contribution in [0.4, 0.5) is 0 Å². The summed E-state index contributed by atoms with van der Waals surface area (Å²) in [6, 6.07) is 4.24. The molecule has 2 aromatic heterocycles. The molecule has 0 bridgehead atoms. The molecule has 0 radical (unpaired) electrons. The van der Waals surface area contributed by atoms with Crippen molar-refractivity contribution >= 4 is 16.6 Å². The summed E-state index contributed by atoms with van der Waals surface area (Å²) in [6.07, 6.45) is 7.12. The van der Waals surface area contributed by atoms with Gasteiger partial charge in [-0.3, -0.25) is 4.90 Å². The molecule has 1 aliphatic rings. The minimum Gasteiger partial charge on any atom is -0.389 e. The molecule has 20 heavy (non-hydrogen) atoms. The first kappa shape index (κ1) is 13.3. The zero-order valence-electron chi connectivity index (χ0n) is 12.1. The molecule has 0 aromatic carbocycles. The Labute approximate surface area is 119 Å². The Kier molecular flexibility index (Phi) is 3.36. The van der Waals surface area contributed by atoms with Crippen molar-refractivity contribution in [2.75, 3.05) is 19.6 Å². The highest BCUT2D eigenvalue weighted by atomic mass is 16.3. The van der Waals surface area contributed by atoms with Crippen molar-refractivity contribution in [2.24, 2.45) is 0 Å². The van der Waals surface area contributed by atoms with Gasteiger partial charge in [-0.15, -0.1) is 0 Å². The first-order chi connectivity index (χ1) is 9.51. The van der Waals surface area contributed by atoms with Gasteiger partial charge >= 0.3 is 0 Å². The van der Waals surface area contributed by atoms with Gasteiger partial charge in [-0.2, -0.15) is 0 Å². The molecule has 0 saturated heterocycles. The number of aromatic amines is 1. The van der Waals surface area contributed by atoms with Crippen LogP contribution >= 0.6 is 0 Å². The second-order valence-corrected chi connectivity index (χ2v) is 6.17. The summed E-state index contributed by atoms with van der Waals surface area (Å²) in [7, 11) is 0. The van der Waals surface area contributed by atoms with Crippen molar-refractivity contribution in [2.45, 2.75) is 25.9 Å². The van der Waals surface area contributed by atoms with E-state index < -0.39 is 5.60 Å². The number of rotatable bonds is 3. The van der Waals surface area contributed by atoms with Crippen molar-refractivity contribution in [3.63, 3.8) is 0 Å². The first-order valence-electron chi connectivity index (χ1n) is 7.08. The molecule has 0 saturated carbocycles. The number of nitrogens with one attached hydrogen (secondary N) is 1. The SMILES string of the molecule is CC(C)(O)CN1CC=C(c2cnc3[nH]ccc3c2)CC1. The van der Waals surface area contributed by atoms with Crippen molar-refractivity contribution in [1.29, 1.82) is 0 Å². The average Bonchev–Trinajstić information content (AvgIpc) is 2.85. The van der Waals surface area contributed by atoms with E-state index in [1.54, 1.807) is 0 Å². The van der Waals surface area contributed by atoms with Gasteiger partial charge in [-0.25, -0.2) is 4.98 Å². The number of aliphatic hydroxyl groups is 1. The maximum atomic E-state index is 9.87. The number of hydrogen-bond acceptors (Lipinski definition) is 3. The number of pyridine rings is 1. The van der Waals surface area contributed by atoms with Gasteiger partial charge in [-0.1, -0.05) is 6.08 Å². The van der Waals surface area contributed by atoms with E-state index in [4.69, 9.17) is 0 Å². The van der Waals surface area contributed by atoms with Gasteiger partial charge in [0, 0.05) is 37.4 Å². The molecule has 2 aromatic rings. The summed E-state index contributed by atoms with van der Waals surface area (Å²) in [4.78, 5) is 9.84. The predicted octanol–water partition coefficient (Wildman–Crippen LogP) is 2.42. The molecular weight excluding hydrogens is 250 g/mol. The van der Waals surface area contributed by atoms with E-state index in [0.717, 1.165) is 30.5 Å². The van der Waals surface area contributed by atoms with Crippen molar-refractivity contribution in [3.05, 3.63) is 36.2 Å². The highest BCUT2D eigenvalue weighted by molar-refractivity contribution is 5.80. The van der Waals surface area contributed by atoms with Gasteiger partial charge in [0.15, 0.2) is 0 Å². The highest BCUT2D eigenvalue weighted by Gasteiger charge is 2.20. The second kappa shape index (κ2) is 5.04. The molecule has 0 amide bonds. The van der Waals surface area contributed by atoms with Crippen LogP contribution in [0, 0.1) is 0 Å². The summed E-state index contributed by atoms with van der Waals surface area (Å²) >= 11 is 0. The van der Waals surface area contributed by atoms with E-state index in [9.17, 15) is 5.11 Å².